The second kappa shape index (κ2) is 5.68. The van der Waals surface area contributed by atoms with Crippen molar-refractivity contribution in [1.29, 1.82) is 0 Å². The lowest BCUT2D eigenvalue weighted by molar-refractivity contribution is -0.0400. The molecular weight excluding hydrogens is 326 g/mol. The van der Waals surface area contributed by atoms with Crippen molar-refractivity contribution in [3.8, 4) is 11.4 Å². The number of anilines is 1. The standard InChI is InChI=1S/C21H25N3O2/c1-21(2)11-14-15(12-26-21)19(22-13-7-4-3-5-8-13)23-18-16-9-6-10-24(16)20(25)17(14)18/h6,9-10,13H,3-5,7-8,11-12H2,1-2H3,(H,22,23). The summed E-state index contributed by atoms with van der Waals surface area (Å²) in [5.74, 6) is 0.967. The van der Waals surface area contributed by atoms with Crippen molar-refractivity contribution in [2.24, 2.45) is 0 Å². The van der Waals surface area contributed by atoms with Crippen LogP contribution in [0, 0.1) is 0 Å². The van der Waals surface area contributed by atoms with E-state index in [2.05, 4.69) is 19.2 Å². The van der Waals surface area contributed by atoms with Crippen LogP contribution in [0.3, 0.4) is 0 Å². The number of nitrogens with zero attached hydrogens (tertiary/aromatic N) is 2. The van der Waals surface area contributed by atoms with Crippen LogP contribution >= 0.6 is 0 Å². The summed E-state index contributed by atoms with van der Waals surface area (Å²) in [7, 11) is 0. The molecule has 0 saturated heterocycles. The van der Waals surface area contributed by atoms with Gasteiger partial charge in [0.15, 0.2) is 0 Å². The Kier molecular flexibility index (Phi) is 3.51. The number of pyridine rings is 1. The number of rotatable bonds is 2. The van der Waals surface area contributed by atoms with Crippen molar-refractivity contribution in [2.45, 2.75) is 70.6 Å². The van der Waals surface area contributed by atoms with Crippen LogP contribution in [0.25, 0.3) is 11.4 Å². The summed E-state index contributed by atoms with van der Waals surface area (Å²) >= 11 is 0. The van der Waals surface area contributed by atoms with Gasteiger partial charge in [0.25, 0.3) is 5.91 Å². The van der Waals surface area contributed by atoms with Gasteiger partial charge in [0.2, 0.25) is 0 Å². The minimum absolute atomic E-state index is 0.0469. The minimum Gasteiger partial charge on any atom is -0.370 e. The smallest absolute Gasteiger partial charge is 0.264 e. The highest BCUT2D eigenvalue weighted by atomic mass is 16.5. The number of carbonyl (C=O) groups is 1. The van der Waals surface area contributed by atoms with Crippen molar-refractivity contribution < 1.29 is 9.53 Å². The molecule has 5 rings (SSSR count). The zero-order valence-electron chi connectivity index (χ0n) is 15.5. The molecule has 0 spiro atoms. The Morgan fingerprint density at radius 1 is 1.23 bits per heavy atom. The van der Waals surface area contributed by atoms with Crippen molar-refractivity contribution in [3.63, 3.8) is 0 Å². The molecule has 0 unspecified atom stereocenters. The van der Waals surface area contributed by atoms with Crippen LogP contribution in [0.15, 0.2) is 18.3 Å². The lowest BCUT2D eigenvalue weighted by Gasteiger charge is -2.34. The van der Waals surface area contributed by atoms with E-state index < -0.39 is 0 Å². The zero-order valence-corrected chi connectivity index (χ0v) is 15.5. The number of hydrogen-bond donors (Lipinski definition) is 1. The van der Waals surface area contributed by atoms with Gasteiger partial charge >= 0.3 is 0 Å². The Morgan fingerprint density at radius 3 is 2.85 bits per heavy atom. The van der Waals surface area contributed by atoms with Gasteiger partial charge in [-0.15, -0.1) is 0 Å². The monoisotopic (exact) mass is 351 g/mol. The van der Waals surface area contributed by atoms with E-state index in [0.29, 0.717) is 12.6 Å². The molecular formula is C21H25N3O2. The SMILES string of the molecule is CC1(C)Cc2c(c(NC3CCCCC3)nc3c2C(=O)n2cccc2-3)CO1. The zero-order chi connectivity index (χ0) is 17.9. The van der Waals surface area contributed by atoms with Crippen LogP contribution in [0.4, 0.5) is 5.82 Å². The first-order valence-electron chi connectivity index (χ1n) is 9.72. The molecule has 26 heavy (non-hydrogen) atoms. The summed E-state index contributed by atoms with van der Waals surface area (Å²) in [5, 5.41) is 3.69. The van der Waals surface area contributed by atoms with Crippen LogP contribution in [0.1, 0.15) is 67.4 Å². The molecule has 1 aliphatic carbocycles. The lowest BCUT2D eigenvalue weighted by Crippen LogP contribution is -2.34. The number of ether oxygens (including phenoxy) is 1. The van der Waals surface area contributed by atoms with Crippen LogP contribution in [0.2, 0.25) is 0 Å². The molecule has 0 aromatic carbocycles. The summed E-state index contributed by atoms with van der Waals surface area (Å²) in [6.07, 6.45) is 8.83. The molecule has 0 bridgehead atoms. The molecule has 136 valence electrons. The fourth-order valence-corrected chi connectivity index (χ4v) is 4.61. The maximum Gasteiger partial charge on any atom is 0.264 e. The predicted molar refractivity (Wildman–Crippen MR) is 100 cm³/mol. The first-order valence-corrected chi connectivity index (χ1v) is 9.72. The molecule has 1 saturated carbocycles. The summed E-state index contributed by atoms with van der Waals surface area (Å²) < 4.78 is 7.80. The summed E-state index contributed by atoms with van der Waals surface area (Å²) in [6, 6.07) is 4.37. The Bertz CT molecular complexity index is 891. The van der Waals surface area contributed by atoms with Crippen LogP contribution < -0.4 is 5.32 Å². The molecule has 5 nitrogen and oxygen atoms in total. The highest BCUT2D eigenvalue weighted by molar-refractivity contribution is 6.09. The Morgan fingerprint density at radius 2 is 2.04 bits per heavy atom. The topological polar surface area (TPSA) is 56.2 Å². The Balaban J connectivity index is 1.65. The van der Waals surface area contributed by atoms with Crippen molar-refractivity contribution >= 4 is 11.7 Å². The van der Waals surface area contributed by atoms with Crippen LogP contribution in [-0.2, 0) is 17.8 Å². The van der Waals surface area contributed by atoms with E-state index in [-0.39, 0.29) is 11.5 Å². The van der Waals surface area contributed by atoms with E-state index in [1.165, 1.54) is 32.1 Å². The third-order valence-corrected chi connectivity index (χ3v) is 5.99. The van der Waals surface area contributed by atoms with E-state index in [4.69, 9.17) is 9.72 Å². The molecule has 0 amide bonds. The quantitative estimate of drug-likeness (QED) is 0.754. The molecule has 0 radical (unpaired) electrons. The first-order chi connectivity index (χ1) is 12.5. The number of nitrogens with one attached hydrogen (secondary N) is 1. The average Bonchev–Trinajstić information content (AvgIpc) is 3.19. The van der Waals surface area contributed by atoms with E-state index in [9.17, 15) is 4.79 Å². The molecule has 4 heterocycles. The first kappa shape index (κ1) is 16.1. The predicted octanol–water partition coefficient (Wildman–Crippen LogP) is 4.15. The van der Waals surface area contributed by atoms with Gasteiger partial charge in [0.1, 0.15) is 11.5 Å². The average molecular weight is 351 g/mol. The van der Waals surface area contributed by atoms with Crippen LogP contribution in [0.5, 0.6) is 0 Å². The number of fused-ring (bicyclic) bond motifs is 5. The van der Waals surface area contributed by atoms with Gasteiger partial charge < -0.3 is 10.1 Å². The number of aromatic nitrogens is 2. The number of hydrogen-bond acceptors (Lipinski definition) is 4. The van der Waals surface area contributed by atoms with Gasteiger partial charge in [-0.2, -0.15) is 0 Å². The number of carbonyl (C=O) groups excluding carboxylic acids is 1. The molecule has 0 atom stereocenters. The van der Waals surface area contributed by atoms with E-state index in [0.717, 1.165) is 40.3 Å². The Labute approximate surface area is 153 Å². The summed E-state index contributed by atoms with van der Waals surface area (Å²) in [4.78, 5) is 17.9. The summed E-state index contributed by atoms with van der Waals surface area (Å²) in [6.45, 7) is 4.70. The molecule has 2 aromatic rings. The van der Waals surface area contributed by atoms with Gasteiger partial charge in [-0.1, -0.05) is 19.3 Å². The van der Waals surface area contributed by atoms with Gasteiger partial charge in [0, 0.05) is 24.2 Å². The van der Waals surface area contributed by atoms with Gasteiger partial charge in [-0.25, -0.2) is 4.98 Å². The van der Waals surface area contributed by atoms with Crippen LogP contribution in [-0.4, -0.2) is 27.1 Å². The third kappa shape index (κ3) is 2.41. The highest BCUT2D eigenvalue weighted by Crippen LogP contribution is 2.41. The van der Waals surface area contributed by atoms with E-state index in [1.807, 2.05) is 18.3 Å². The molecule has 2 aromatic heterocycles. The second-order valence-corrected chi connectivity index (χ2v) is 8.41. The van der Waals surface area contributed by atoms with Crippen molar-refractivity contribution in [3.05, 3.63) is 35.0 Å². The van der Waals surface area contributed by atoms with Gasteiger partial charge in [-0.05, 0) is 44.4 Å². The fraction of sp³-hybridized carbons (Fsp3) is 0.524. The second-order valence-electron chi connectivity index (χ2n) is 8.41. The molecule has 3 aliphatic rings. The molecule has 2 aliphatic heterocycles. The summed E-state index contributed by atoms with van der Waals surface area (Å²) in [5.41, 5.74) is 4.45. The maximum absolute atomic E-state index is 13.0. The van der Waals surface area contributed by atoms with E-state index in [1.54, 1.807) is 4.57 Å². The van der Waals surface area contributed by atoms with Gasteiger partial charge in [0.05, 0.1) is 23.5 Å². The largest absolute Gasteiger partial charge is 0.370 e. The molecule has 5 heteroatoms. The normalized spacial score (nSPS) is 21.2. The fourth-order valence-electron chi connectivity index (χ4n) is 4.61. The third-order valence-electron chi connectivity index (χ3n) is 5.99. The van der Waals surface area contributed by atoms with E-state index >= 15 is 0 Å². The van der Waals surface area contributed by atoms with Crippen molar-refractivity contribution in [2.75, 3.05) is 5.32 Å². The molecule has 1 fully saturated rings. The Hall–Kier alpha value is -2.14. The molecule has 1 N–H and O–H groups in total. The maximum atomic E-state index is 13.0. The van der Waals surface area contributed by atoms with Gasteiger partial charge in [-0.3, -0.25) is 9.36 Å². The van der Waals surface area contributed by atoms with Crippen molar-refractivity contribution in [1.82, 2.24) is 9.55 Å². The minimum atomic E-state index is -0.262. The highest BCUT2D eigenvalue weighted by Gasteiger charge is 2.38. The lowest BCUT2D eigenvalue weighted by atomic mass is 9.87.